The summed E-state index contributed by atoms with van der Waals surface area (Å²) in [4.78, 5) is 23.9. The van der Waals surface area contributed by atoms with Crippen LogP contribution in [0.3, 0.4) is 0 Å². The average molecular weight is 508 g/mol. The summed E-state index contributed by atoms with van der Waals surface area (Å²) in [5.74, 6) is -0.410. The maximum absolute atomic E-state index is 12.5. The first-order valence-corrected chi connectivity index (χ1v) is 15.4. The predicted molar refractivity (Wildman–Crippen MR) is 145 cm³/mol. The van der Waals surface area contributed by atoms with Crippen LogP contribution in [0.4, 0.5) is 5.95 Å². The molecule has 1 saturated heterocycles. The zero-order valence-corrected chi connectivity index (χ0v) is 22.5. The van der Waals surface area contributed by atoms with Gasteiger partial charge in [-0.25, -0.2) is 4.98 Å². The Morgan fingerprint density at radius 1 is 1.22 bits per heavy atom. The SMILES string of the molecule is C=C1[C@H](COC(C)(C)OC)[C@@H]([Si]2(c3ccccc3)CCCCC2)C[C@@H]1n1cnc2c(=O)[nH]c(N)nc21. The molecule has 0 bridgehead atoms. The molecule has 8 nitrogen and oxygen atoms in total. The van der Waals surface area contributed by atoms with Gasteiger partial charge in [-0.15, -0.1) is 0 Å². The van der Waals surface area contributed by atoms with Crippen LogP contribution in [0.1, 0.15) is 45.6 Å². The van der Waals surface area contributed by atoms with E-state index in [1.165, 1.54) is 36.5 Å². The van der Waals surface area contributed by atoms with Crippen molar-refractivity contribution in [2.24, 2.45) is 5.92 Å². The first-order valence-electron chi connectivity index (χ1n) is 12.9. The molecule has 1 aliphatic heterocycles. The summed E-state index contributed by atoms with van der Waals surface area (Å²) >= 11 is 0. The van der Waals surface area contributed by atoms with E-state index in [0.717, 1.165) is 12.0 Å². The van der Waals surface area contributed by atoms with Gasteiger partial charge in [0, 0.05) is 13.0 Å². The highest BCUT2D eigenvalue weighted by Crippen LogP contribution is 2.55. The van der Waals surface area contributed by atoms with Gasteiger partial charge in [0.15, 0.2) is 17.0 Å². The van der Waals surface area contributed by atoms with Crippen molar-refractivity contribution in [1.82, 2.24) is 19.5 Å². The lowest BCUT2D eigenvalue weighted by atomic mass is 10.0. The zero-order valence-electron chi connectivity index (χ0n) is 21.5. The van der Waals surface area contributed by atoms with Crippen LogP contribution in [0.15, 0.2) is 53.6 Å². The van der Waals surface area contributed by atoms with E-state index in [2.05, 4.69) is 51.9 Å². The van der Waals surface area contributed by atoms with Gasteiger partial charge in [-0.05, 0) is 31.4 Å². The van der Waals surface area contributed by atoms with Crippen molar-refractivity contribution >= 4 is 30.4 Å². The summed E-state index contributed by atoms with van der Waals surface area (Å²) in [6.07, 6.45) is 6.50. The van der Waals surface area contributed by atoms with E-state index in [0.29, 0.717) is 23.3 Å². The largest absolute Gasteiger partial charge is 0.369 e. The number of nitrogens with zero attached hydrogens (tertiary/aromatic N) is 3. The van der Waals surface area contributed by atoms with Gasteiger partial charge in [-0.3, -0.25) is 9.78 Å². The molecule has 0 unspecified atom stereocenters. The Morgan fingerprint density at radius 2 is 1.94 bits per heavy atom. The Balaban J connectivity index is 1.60. The lowest BCUT2D eigenvalue weighted by Crippen LogP contribution is -2.54. The Bertz CT molecular complexity index is 1300. The first kappa shape index (κ1) is 24.9. The van der Waals surface area contributed by atoms with Crippen LogP contribution < -0.4 is 16.5 Å². The molecule has 2 aromatic heterocycles. The number of ether oxygens (including phenoxy) is 2. The van der Waals surface area contributed by atoms with Gasteiger partial charge >= 0.3 is 0 Å². The molecule has 1 aliphatic carbocycles. The topological polar surface area (TPSA) is 108 Å². The molecule has 0 spiro atoms. The Hall–Kier alpha value is -2.75. The van der Waals surface area contributed by atoms with E-state index >= 15 is 0 Å². The molecule has 3 heterocycles. The number of hydrogen-bond donors (Lipinski definition) is 2. The van der Waals surface area contributed by atoms with Gasteiger partial charge in [0.2, 0.25) is 5.95 Å². The van der Waals surface area contributed by atoms with E-state index in [1.54, 1.807) is 13.4 Å². The minimum absolute atomic E-state index is 0.0250. The van der Waals surface area contributed by atoms with Gasteiger partial charge in [-0.2, -0.15) is 4.98 Å². The molecule has 2 aliphatic rings. The highest BCUT2D eigenvalue weighted by Gasteiger charge is 2.53. The minimum atomic E-state index is -1.91. The zero-order chi connectivity index (χ0) is 25.5. The van der Waals surface area contributed by atoms with Crippen LogP contribution in [0.2, 0.25) is 17.6 Å². The van der Waals surface area contributed by atoms with Gasteiger partial charge in [0.05, 0.1) is 27.0 Å². The smallest absolute Gasteiger partial charge is 0.280 e. The number of anilines is 1. The summed E-state index contributed by atoms with van der Waals surface area (Å²) in [5, 5.41) is 1.54. The van der Waals surface area contributed by atoms with E-state index in [1.807, 2.05) is 18.4 Å². The van der Waals surface area contributed by atoms with E-state index in [-0.39, 0.29) is 23.5 Å². The van der Waals surface area contributed by atoms with Crippen molar-refractivity contribution in [2.75, 3.05) is 19.5 Å². The van der Waals surface area contributed by atoms with Crippen LogP contribution >= 0.6 is 0 Å². The van der Waals surface area contributed by atoms with E-state index in [9.17, 15) is 4.79 Å². The molecule has 1 saturated carbocycles. The molecular formula is C27H37N5O3Si. The summed E-state index contributed by atoms with van der Waals surface area (Å²) in [7, 11) is -0.232. The summed E-state index contributed by atoms with van der Waals surface area (Å²) in [6.45, 7) is 9.07. The summed E-state index contributed by atoms with van der Waals surface area (Å²) in [5.41, 5.74) is 7.97. The Labute approximate surface area is 212 Å². The van der Waals surface area contributed by atoms with Crippen molar-refractivity contribution in [2.45, 2.75) is 69.0 Å². The lowest BCUT2D eigenvalue weighted by molar-refractivity contribution is -0.201. The molecule has 9 heteroatoms. The van der Waals surface area contributed by atoms with Gasteiger partial charge in [0.25, 0.3) is 5.56 Å². The fraction of sp³-hybridized carbons (Fsp3) is 0.519. The highest BCUT2D eigenvalue weighted by molar-refractivity contribution is 6.93. The number of aromatic nitrogens is 4. The van der Waals surface area contributed by atoms with Gasteiger partial charge < -0.3 is 19.8 Å². The second-order valence-corrected chi connectivity index (χ2v) is 15.4. The number of nitrogen functional groups attached to an aromatic ring is 1. The number of aromatic amines is 1. The second kappa shape index (κ2) is 9.61. The van der Waals surface area contributed by atoms with Crippen molar-refractivity contribution < 1.29 is 9.47 Å². The standard InChI is InChI=1S/C27H37N5O3Si/c1-18-20(16-35-27(2,3)34-4)22(36(13-9-6-10-14-36)19-11-7-5-8-12-19)15-21(18)32-17-29-23-24(32)30-26(28)31-25(23)33/h5,7-8,11-12,17,20-22H,1,6,9-10,13-16H2,2-4H3,(H3,28,30,31,33)/t20-,21-,22-/m0/s1. The van der Waals surface area contributed by atoms with Crippen LogP contribution in [0.5, 0.6) is 0 Å². The average Bonchev–Trinajstić information content (AvgIpc) is 3.44. The van der Waals surface area contributed by atoms with Gasteiger partial charge in [-0.1, -0.05) is 73.4 Å². The Morgan fingerprint density at radius 3 is 2.64 bits per heavy atom. The molecule has 3 aromatic rings. The molecule has 5 rings (SSSR count). The van der Waals surface area contributed by atoms with Crippen LogP contribution in [0.25, 0.3) is 11.2 Å². The number of H-pyrrole nitrogens is 1. The summed E-state index contributed by atoms with van der Waals surface area (Å²) in [6, 6.07) is 13.7. The lowest BCUT2D eigenvalue weighted by Gasteiger charge is -2.44. The third-order valence-corrected chi connectivity index (χ3v) is 14.6. The number of fused-ring (bicyclic) bond motifs is 1. The molecule has 192 valence electrons. The molecule has 1 aromatic carbocycles. The number of imidazole rings is 1. The van der Waals surface area contributed by atoms with Gasteiger partial charge in [0.1, 0.15) is 0 Å². The molecule has 36 heavy (non-hydrogen) atoms. The maximum atomic E-state index is 12.5. The van der Waals surface area contributed by atoms with Crippen LogP contribution in [-0.2, 0) is 9.47 Å². The summed E-state index contributed by atoms with van der Waals surface area (Å²) < 4.78 is 13.9. The normalized spacial score (nSPS) is 24.4. The third kappa shape index (κ3) is 4.33. The third-order valence-electron chi connectivity index (χ3n) is 8.56. The highest BCUT2D eigenvalue weighted by atomic mass is 28.3. The molecule has 0 amide bonds. The number of hydrogen-bond acceptors (Lipinski definition) is 6. The fourth-order valence-electron chi connectivity index (χ4n) is 6.53. The monoisotopic (exact) mass is 507 g/mol. The van der Waals surface area contributed by atoms with Crippen molar-refractivity contribution in [1.29, 1.82) is 0 Å². The number of nitrogens with one attached hydrogen (secondary N) is 1. The number of methoxy groups -OCH3 is 1. The quantitative estimate of drug-likeness (QED) is 0.283. The maximum Gasteiger partial charge on any atom is 0.280 e. The predicted octanol–water partition coefficient (Wildman–Crippen LogP) is 4.13. The van der Waals surface area contributed by atoms with Crippen molar-refractivity contribution in [3.05, 3.63) is 59.2 Å². The number of rotatable bonds is 7. The molecule has 3 N–H and O–H groups in total. The number of benzene rings is 1. The molecule has 0 radical (unpaired) electrons. The van der Waals surface area contributed by atoms with Crippen molar-refractivity contribution in [3.63, 3.8) is 0 Å². The molecule has 3 atom stereocenters. The first-order chi connectivity index (χ1) is 17.3. The van der Waals surface area contributed by atoms with E-state index < -0.39 is 13.9 Å². The fourth-order valence-corrected chi connectivity index (χ4v) is 12.9. The Kier molecular flexibility index (Phi) is 6.65. The molecular weight excluding hydrogens is 470 g/mol. The molecule has 2 fully saturated rings. The van der Waals surface area contributed by atoms with Crippen LogP contribution in [0, 0.1) is 5.92 Å². The number of nitrogens with two attached hydrogens (primary N) is 1. The van der Waals surface area contributed by atoms with Crippen LogP contribution in [-0.4, -0.2) is 47.1 Å². The second-order valence-electron chi connectivity index (χ2n) is 10.8. The van der Waals surface area contributed by atoms with Crippen molar-refractivity contribution in [3.8, 4) is 0 Å². The van der Waals surface area contributed by atoms with E-state index in [4.69, 9.17) is 15.2 Å². The minimum Gasteiger partial charge on any atom is -0.369 e.